The van der Waals surface area contributed by atoms with Gasteiger partial charge in [-0.25, -0.2) is 0 Å². The summed E-state index contributed by atoms with van der Waals surface area (Å²) in [5.74, 6) is 0.495. The van der Waals surface area contributed by atoms with E-state index in [0.717, 1.165) is 30.6 Å². The van der Waals surface area contributed by atoms with Crippen LogP contribution in [-0.4, -0.2) is 37.3 Å². The highest BCUT2D eigenvalue weighted by Crippen LogP contribution is 2.36. The van der Waals surface area contributed by atoms with Crippen LogP contribution in [0.1, 0.15) is 60.8 Å². The van der Waals surface area contributed by atoms with E-state index in [2.05, 4.69) is 47.4 Å². The summed E-state index contributed by atoms with van der Waals surface area (Å²) in [6, 6.07) is 0. The van der Waals surface area contributed by atoms with Crippen molar-refractivity contribution in [1.82, 2.24) is 0 Å². The van der Waals surface area contributed by atoms with Gasteiger partial charge in [0.1, 0.15) is 0 Å². The fourth-order valence-electron chi connectivity index (χ4n) is 2.22. The molecule has 0 aromatic rings. The average molecular weight is 357 g/mol. The topological polar surface area (TPSA) is 49.7 Å². The standard InChI is InChI=1S/C20H40O3Si/c1-16(10-13-23-24(8,9)19(4,5)6)14-17(2)15-18(3)20(7,22)11-12-21/h15-16,21-22H,2,10-14H2,1,3-9H3/b18-15+/t16-,20+/m0/s1. The predicted octanol–water partition coefficient (Wildman–Crippen LogP) is 5.06. The third-order valence-electron chi connectivity index (χ3n) is 5.36. The second kappa shape index (κ2) is 9.32. The molecule has 2 atom stereocenters. The summed E-state index contributed by atoms with van der Waals surface area (Å²) in [4.78, 5) is 0. The quantitative estimate of drug-likeness (QED) is 0.425. The maximum Gasteiger partial charge on any atom is 0.191 e. The van der Waals surface area contributed by atoms with Gasteiger partial charge in [-0.05, 0) is 56.3 Å². The van der Waals surface area contributed by atoms with Gasteiger partial charge in [0.05, 0.1) is 5.60 Å². The zero-order chi connectivity index (χ0) is 19.2. The Bertz CT molecular complexity index is 431. The van der Waals surface area contributed by atoms with Gasteiger partial charge in [-0.15, -0.1) is 0 Å². The molecule has 0 aromatic heterocycles. The van der Waals surface area contributed by atoms with E-state index in [4.69, 9.17) is 9.53 Å². The lowest BCUT2D eigenvalue weighted by atomic mass is 9.90. The number of hydrogen-bond acceptors (Lipinski definition) is 3. The lowest BCUT2D eigenvalue weighted by Crippen LogP contribution is -2.41. The van der Waals surface area contributed by atoms with Crippen molar-refractivity contribution in [3.8, 4) is 0 Å². The minimum absolute atomic E-state index is 0.0220. The third kappa shape index (κ3) is 8.10. The Kier molecular flexibility index (Phi) is 9.16. The molecule has 0 saturated carbocycles. The molecule has 0 heterocycles. The Balaban J connectivity index is 4.43. The van der Waals surface area contributed by atoms with Gasteiger partial charge in [-0.2, -0.15) is 0 Å². The van der Waals surface area contributed by atoms with E-state index in [0.29, 0.717) is 12.3 Å². The zero-order valence-corrected chi connectivity index (χ0v) is 18.2. The first-order chi connectivity index (χ1) is 10.7. The van der Waals surface area contributed by atoms with Crippen molar-refractivity contribution in [3.63, 3.8) is 0 Å². The summed E-state index contributed by atoms with van der Waals surface area (Å²) in [6.45, 7) is 22.1. The molecule has 0 fully saturated rings. The molecule has 0 aromatic carbocycles. The van der Waals surface area contributed by atoms with Crippen molar-refractivity contribution in [3.05, 3.63) is 23.8 Å². The van der Waals surface area contributed by atoms with Crippen LogP contribution in [0.3, 0.4) is 0 Å². The van der Waals surface area contributed by atoms with Gasteiger partial charge in [0, 0.05) is 19.6 Å². The van der Waals surface area contributed by atoms with Crippen LogP contribution in [0.15, 0.2) is 23.8 Å². The zero-order valence-electron chi connectivity index (χ0n) is 17.2. The molecule has 0 rings (SSSR count). The highest BCUT2D eigenvalue weighted by molar-refractivity contribution is 6.74. The van der Waals surface area contributed by atoms with Gasteiger partial charge < -0.3 is 14.6 Å². The molecule has 2 N–H and O–H groups in total. The summed E-state index contributed by atoms with van der Waals surface area (Å²) in [6.07, 6.45) is 4.22. The molecule has 0 aliphatic heterocycles. The molecular weight excluding hydrogens is 316 g/mol. The Morgan fingerprint density at radius 3 is 2.25 bits per heavy atom. The SMILES string of the molecule is C=C(/C=C(\C)[C@](C)(O)CCO)C[C@@H](C)CCO[Si](C)(C)C(C)(C)C. The number of aliphatic hydroxyl groups is 2. The van der Waals surface area contributed by atoms with Gasteiger partial charge >= 0.3 is 0 Å². The van der Waals surface area contributed by atoms with E-state index in [1.165, 1.54) is 0 Å². The molecule has 142 valence electrons. The number of hydrogen-bond donors (Lipinski definition) is 2. The summed E-state index contributed by atoms with van der Waals surface area (Å²) >= 11 is 0. The highest BCUT2D eigenvalue weighted by atomic mass is 28.4. The van der Waals surface area contributed by atoms with E-state index in [1.807, 2.05) is 13.0 Å². The summed E-state index contributed by atoms with van der Waals surface area (Å²) in [5, 5.41) is 19.6. The van der Waals surface area contributed by atoms with Gasteiger partial charge in [0.2, 0.25) is 0 Å². The van der Waals surface area contributed by atoms with Crippen LogP contribution in [0, 0.1) is 5.92 Å². The number of allylic oxidation sites excluding steroid dienone is 2. The molecule has 3 nitrogen and oxygen atoms in total. The first-order valence-electron chi connectivity index (χ1n) is 9.06. The fourth-order valence-corrected chi connectivity index (χ4v) is 3.28. The maximum absolute atomic E-state index is 10.3. The first-order valence-corrected chi connectivity index (χ1v) is 12.0. The molecule has 0 spiro atoms. The minimum atomic E-state index is -1.66. The molecule has 0 unspecified atom stereocenters. The Morgan fingerprint density at radius 1 is 1.25 bits per heavy atom. The molecule has 24 heavy (non-hydrogen) atoms. The molecular formula is C20H40O3Si. The predicted molar refractivity (Wildman–Crippen MR) is 107 cm³/mol. The van der Waals surface area contributed by atoms with E-state index >= 15 is 0 Å². The molecule has 0 bridgehead atoms. The van der Waals surface area contributed by atoms with Crippen LogP contribution in [0.2, 0.25) is 18.1 Å². The minimum Gasteiger partial charge on any atom is -0.417 e. The lowest BCUT2D eigenvalue weighted by Gasteiger charge is -2.36. The van der Waals surface area contributed by atoms with Crippen molar-refractivity contribution < 1.29 is 14.6 Å². The van der Waals surface area contributed by atoms with Crippen LogP contribution < -0.4 is 0 Å². The second-order valence-corrected chi connectivity index (χ2v) is 13.7. The van der Waals surface area contributed by atoms with Crippen LogP contribution >= 0.6 is 0 Å². The fraction of sp³-hybridized carbons (Fsp3) is 0.800. The molecule has 0 aliphatic carbocycles. The summed E-state index contributed by atoms with van der Waals surface area (Å²) in [5.41, 5.74) is 0.906. The molecule has 0 radical (unpaired) electrons. The first kappa shape index (κ1) is 23.6. The van der Waals surface area contributed by atoms with Crippen LogP contribution in [0.25, 0.3) is 0 Å². The summed E-state index contributed by atoms with van der Waals surface area (Å²) < 4.78 is 6.24. The van der Waals surface area contributed by atoms with Crippen LogP contribution in [0.5, 0.6) is 0 Å². The molecule has 0 aliphatic rings. The number of rotatable bonds is 10. The smallest absolute Gasteiger partial charge is 0.191 e. The van der Waals surface area contributed by atoms with Crippen molar-refractivity contribution >= 4 is 8.32 Å². The average Bonchev–Trinajstić information content (AvgIpc) is 2.36. The second-order valence-electron chi connectivity index (χ2n) is 8.94. The lowest BCUT2D eigenvalue weighted by molar-refractivity contribution is 0.0675. The van der Waals surface area contributed by atoms with Gasteiger partial charge in [0.15, 0.2) is 8.32 Å². The molecule has 0 amide bonds. The van der Waals surface area contributed by atoms with Gasteiger partial charge in [-0.1, -0.05) is 45.9 Å². The monoisotopic (exact) mass is 356 g/mol. The van der Waals surface area contributed by atoms with E-state index in [-0.39, 0.29) is 11.6 Å². The Labute approximate surface area is 151 Å². The number of aliphatic hydroxyl groups excluding tert-OH is 1. The Morgan fingerprint density at radius 2 is 1.79 bits per heavy atom. The molecule has 4 heteroatoms. The van der Waals surface area contributed by atoms with Crippen molar-refractivity contribution in [2.45, 2.75) is 84.5 Å². The highest BCUT2D eigenvalue weighted by Gasteiger charge is 2.36. The summed E-state index contributed by atoms with van der Waals surface area (Å²) in [7, 11) is -1.66. The molecule has 0 saturated heterocycles. The normalized spacial score (nSPS) is 17.5. The maximum atomic E-state index is 10.3. The van der Waals surface area contributed by atoms with Crippen molar-refractivity contribution in [1.29, 1.82) is 0 Å². The van der Waals surface area contributed by atoms with E-state index < -0.39 is 13.9 Å². The van der Waals surface area contributed by atoms with Gasteiger partial charge in [0.25, 0.3) is 0 Å². The van der Waals surface area contributed by atoms with Crippen molar-refractivity contribution in [2.75, 3.05) is 13.2 Å². The van der Waals surface area contributed by atoms with Gasteiger partial charge in [-0.3, -0.25) is 0 Å². The Hall–Kier alpha value is -0.423. The largest absolute Gasteiger partial charge is 0.417 e. The van der Waals surface area contributed by atoms with E-state index in [1.54, 1.807) is 6.92 Å². The third-order valence-corrected chi connectivity index (χ3v) is 9.90. The van der Waals surface area contributed by atoms with Crippen molar-refractivity contribution in [2.24, 2.45) is 5.92 Å². The van der Waals surface area contributed by atoms with Crippen LogP contribution in [-0.2, 0) is 4.43 Å². The van der Waals surface area contributed by atoms with Crippen LogP contribution in [0.4, 0.5) is 0 Å². The van der Waals surface area contributed by atoms with E-state index in [9.17, 15) is 5.11 Å².